The molecule has 238 valence electrons. The van der Waals surface area contributed by atoms with E-state index in [9.17, 15) is 28.6 Å². The molecule has 1 saturated heterocycles. The zero-order valence-electron chi connectivity index (χ0n) is 23.4. The number of carbonyl (C=O) groups is 2. The van der Waals surface area contributed by atoms with Crippen LogP contribution in [0, 0.1) is 12.7 Å². The predicted molar refractivity (Wildman–Crippen MR) is 151 cm³/mol. The number of esters is 1. The molecule has 2 aromatic heterocycles. The summed E-state index contributed by atoms with van der Waals surface area (Å²) in [5.74, 6) is -6.74. The van der Waals surface area contributed by atoms with Crippen molar-refractivity contribution in [2.75, 3.05) is 26.4 Å². The Bertz CT molecular complexity index is 1540. The third-order valence-corrected chi connectivity index (χ3v) is 9.27. The maximum atomic E-state index is 15.0. The van der Waals surface area contributed by atoms with Gasteiger partial charge in [-0.05, 0) is 37.5 Å². The molecule has 11 nitrogen and oxygen atoms in total. The number of aliphatic hydroxyl groups is 2. The van der Waals surface area contributed by atoms with Gasteiger partial charge in [-0.25, -0.2) is 18.7 Å². The van der Waals surface area contributed by atoms with Crippen LogP contribution in [0.4, 0.5) is 13.2 Å². The number of piperidine rings is 1. The molecule has 0 saturated carbocycles. The molecule has 2 aliphatic rings. The van der Waals surface area contributed by atoms with Crippen molar-refractivity contribution in [1.29, 1.82) is 0 Å². The van der Waals surface area contributed by atoms with Crippen LogP contribution in [0.25, 0.3) is 5.69 Å². The van der Waals surface area contributed by atoms with Crippen molar-refractivity contribution in [2.24, 2.45) is 0 Å². The van der Waals surface area contributed by atoms with Gasteiger partial charge in [-0.3, -0.25) is 10.2 Å². The molecule has 3 aromatic rings. The number of aryl methyl sites for hydroxylation is 1. The van der Waals surface area contributed by atoms with E-state index in [0.717, 1.165) is 16.9 Å². The minimum atomic E-state index is -3.08. The molecule has 2 aliphatic heterocycles. The molecular weight excluding hydrogens is 629 g/mol. The number of para-hydroxylation sites is 1. The van der Waals surface area contributed by atoms with Gasteiger partial charge in [0.05, 0.1) is 10.0 Å². The monoisotopic (exact) mass is 658 g/mol. The summed E-state index contributed by atoms with van der Waals surface area (Å²) < 4.78 is 56.3. The topological polar surface area (TPSA) is 146 Å². The lowest BCUT2D eigenvalue weighted by Crippen LogP contribution is -2.48. The van der Waals surface area contributed by atoms with Gasteiger partial charge in [0, 0.05) is 48.4 Å². The normalized spacial score (nSPS) is 19.0. The van der Waals surface area contributed by atoms with Gasteiger partial charge in [0.25, 0.3) is 5.92 Å². The number of aliphatic hydroxyl groups excluding tert-OH is 2. The van der Waals surface area contributed by atoms with Crippen molar-refractivity contribution in [3.63, 3.8) is 0 Å². The average Bonchev–Trinajstić information content (AvgIpc) is 3.56. The highest BCUT2D eigenvalue weighted by Gasteiger charge is 2.51. The summed E-state index contributed by atoms with van der Waals surface area (Å²) in [6.45, 7) is 2.36. The maximum absolute atomic E-state index is 15.0. The Balaban J connectivity index is 1.22. The molecule has 16 heteroatoms. The summed E-state index contributed by atoms with van der Waals surface area (Å²) >= 11 is 7.25. The Labute approximate surface area is 258 Å². The fourth-order valence-corrected chi connectivity index (χ4v) is 6.89. The Morgan fingerprint density at radius 3 is 2.66 bits per heavy atom. The highest BCUT2D eigenvalue weighted by atomic mass is 35.5. The van der Waals surface area contributed by atoms with Gasteiger partial charge < -0.3 is 24.8 Å². The summed E-state index contributed by atoms with van der Waals surface area (Å²) in [5, 5.41) is 34.8. The molecule has 2 atom stereocenters. The molecule has 0 amide bonds. The molecule has 4 heterocycles. The number of nitrogens with one attached hydrogen (secondary N) is 1. The molecule has 44 heavy (non-hydrogen) atoms. The maximum Gasteiger partial charge on any atom is 0.339 e. The molecule has 1 aromatic carbocycles. The lowest BCUT2D eigenvalue weighted by atomic mass is 9.84. The molecule has 1 fully saturated rings. The number of hydrogen-bond donors (Lipinski definition) is 4. The number of hydrogen-bond acceptors (Lipinski definition) is 10. The number of aliphatic carboxylic acids is 1. The second kappa shape index (κ2) is 12.7. The molecule has 0 aliphatic carbocycles. The highest BCUT2D eigenvalue weighted by molar-refractivity contribution is 7.16. The fourth-order valence-electron chi connectivity index (χ4n) is 5.41. The lowest BCUT2D eigenvalue weighted by molar-refractivity contribution is -0.182. The van der Waals surface area contributed by atoms with E-state index >= 15 is 4.39 Å². The number of halogens is 4. The highest BCUT2D eigenvalue weighted by Crippen LogP contribution is 2.52. The summed E-state index contributed by atoms with van der Waals surface area (Å²) in [4.78, 5) is 25.1. The second-order valence-corrected chi connectivity index (χ2v) is 12.4. The van der Waals surface area contributed by atoms with Crippen LogP contribution >= 0.6 is 22.9 Å². The third-order valence-electron chi connectivity index (χ3n) is 7.82. The molecule has 0 bridgehead atoms. The number of nitrogens with zero attached hydrogens (tertiary/aromatic N) is 3. The van der Waals surface area contributed by atoms with E-state index in [1.807, 2.05) is 0 Å². The van der Waals surface area contributed by atoms with Crippen LogP contribution in [0.5, 0.6) is 0 Å². The van der Waals surface area contributed by atoms with E-state index in [-0.39, 0.29) is 17.8 Å². The first-order valence-corrected chi connectivity index (χ1v) is 14.8. The van der Waals surface area contributed by atoms with Gasteiger partial charge in [-0.15, -0.1) is 11.3 Å². The number of ether oxygens (including phenoxy) is 2. The summed E-state index contributed by atoms with van der Waals surface area (Å²) in [6.07, 6.45) is -1.84. The number of benzene rings is 1. The summed E-state index contributed by atoms with van der Waals surface area (Å²) in [5.41, 5.74) is 1.30. The van der Waals surface area contributed by atoms with Gasteiger partial charge >= 0.3 is 11.9 Å². The van der Waals surface area contributed by atoms with Crippen molar-refractivity contribution >= 4 is 34.9 Å². The molecule has 1 spiro atoms. The lowest BCUT2D eigenvalue weighted by Gasteiger charge is -2.45. The summed E-state index contributed by atoms with van der Waals surface area (Å²) in [6, 6.07) is 5.77. The van der Waals surface area contributed by atoms with Crippen molar-refractivity contribution in [3.05, 3.63) is 67.9 Å². The second-order valence-electron chi connectivity index (χ2n) is 10.8. The smallest absolute Gasteiger partial charge is 0.339 e. The van der Waals surface area contributed by atoms with Crippen molar-refractivity contribution < 1.29 is 47.6 Å². The molecular formula is C28H30ClF3N4O7S. The van der Waals surface area contributed by atoms with Gasteiger partial charge in [-0.2, -0.15) is 13.9 Å². The number of aromatic nitrogens is 2. The van der Waals surface area contributed by atoms with E-state index < -0.39 is 54.8 Å². The minimum absolute atomic E-state index is 0.0220. The molecule has 0 radical (unpaired) electrons. The number of fused-ring (bicyclic) bond motifs is 2. The fraction of sp³-hybridized carbons (Fsp3) is 0.464. The number of carbonyl (C=O) groups excluding carboxylic acids is 1. The van der Waals surface area contributed by atoms with E-state index in [0.29, 0.717) is 52.9 Å². The minimum Gasteiger partial charge on any atom is -0.479 e. The number of thiophene rings is 1. The number of carboxylic acid groups (broad SMARTS) is 1. The van der Waals surface area contributed by atoms with E-state index in [1.54, 1.807) is 19.2 Å². The van der Waals surface area contributed by atoms with Crippen molar-refractivity contribution in [1.82, 2.24) is 20.0 Å². The van der Waals surface area contributed by atoms with Crippen LogP contribution in [-0.2, 0) is 43.7 Å². The molecule has 0 unspecified atom stereocenters. The molecule has 5 rings (SSSR count). The third kappa shape index (κ3) is 6.49. The average molecular weight is 659 g/mol. The Morgan fingerprint density at radius 1 is 1.23 bits per heavy atom. The number of alkyl halides is 2. The van der Waals surface area contributed by atoms with Crippen LogP contribution in [0.1, 0.15) is 40.1 Å². The van der Waals surface area contributed by atoms with E-state index in [1.165, 1.54) is 22.9 Å². The molecule has 4 N–H and O–H groups in total. The van der Waals surface area contributed by atoms with Crippen LogP contribution in [0.2, 0.25) is 4.34 Å². The van der Waals surface area contributed by atoms with E-state index in [4.69, 9.17) is 26.2 Å². The van der Waals surface area contributed by atoms with Crippen molar-refractivity contribution in [2.45, 2.75) is 56.6 Å². The van der Waals surface area contributed by atoms with Crippen LogP contribution in [0.15, 0.2) is 30.5 Å². The van der Waals surface area contributed by atoms with Gasteiger partial charge in [-0.1, -0.05) is 23.7 Å². The van der Waals surface area contributed by atoms with Gasteiger partial charge in [0.15, 0.2) is 12.2 Å². The zero-order chi connectivity index (χ0) is 31.8. The Hall–Kier alpha value is -3.05. The Kier molecular flexibility index (Phi) is 9.37. The SMILES string of the molecule is Cc1nn(-c2c(F)cccc2CNCOC(=O)[C@H](O)[C@@H](O)C(=O)O)cc1CN1CCC2(CC1)OCC(F)(F)c1cc(Cl)sc12. The quantitative estimate of drug-likeness (QED) is 0.146. The largest absolute Gasteiger partial charge is 0.479 e. The number of rotatable bonds is 10. The van der Waals surface area contributed by atoms with Crippen LogP contribution < -0.4 is 5.32 Å². The number of carboxylic acids is 1. The van der Waals surface area contributed by atoms with Gasteiger partial charge in [0.2, 0.25) is 0 Å². The summed E-state index contributed by atoms with van der Waals surface area (Å²) in [7, 11) is 0. The van der Waals surface area contributed by atoms with Gasteiger partial charge in [0.1, 0.15) is 30.4 Å². The van der Waals surface area contributed by atoms with Crippen molar-refractivity contribution in [3.8, 4) is 5.69 Å². The van der Waals surface area contributed by atoms with E-state index in [2.05, 4.69) is 15.3 Å². The first-order chi connectivity index (χ1) is 20.8. The first-order valence-electron chi connectivity index (χ1n) is 13.6. The van der Waals surface area contributed by atoms with Crippen LogP contribution in [-0.4, -0.2) is 80.6 Å². The Morgan fingerprint density at radius 2 is 1.95 bits per heavy atom. The predicted octanol–water partition coefficient (Wildman–Crippen LogP) is 3.04. The first kappa shape index (κ1) is 32.3. The van der Waals surface area contributed by atoms with Crippen LogP contribution in [0.3, 0.4) is 0 Å². The number of likely N-dealkylation sites (tertiary alicyclic amines) is 1. The standard InChI is InChI=1S/C28H30ClF3N4O7S/c1-15-17(11-35-7-5-27(6-8-35)24-18(9-20(29)44-24)28(31,32)13-43-27)12-36(34-15)21-16(3-2-4-19(21)30)10-33-14-42-26(41)23(38)22(37)25(39)40/h2-4,9,12,22-23,33,37-38H,5-8,10-11,13-14H2,1H3,(H,39,40)/t22-,23-/m1/s1. The zero-order valence-corrected chi connectivity index (χ0v) is 25.0.